The van der Waals surface area contributed by atoms with Crippen LogP contribution in [0.1, 0.15) is 22.4 Å². The number of ether oxygens (including phenoxy) is 1. The van der Waals surface area contributed by atoms with Gasteiger partial charge in [-0.25, -0.2) is 9.97 Å². The maximum absolute atomic E-state index is 12.8. The monoisotopic (exact) mass is 587 g/mol. The van der Waals surface area contributed by atoms with Crippen molar-refractivity contribution in [2.45, 2.75) is 25.7 Å². The molecule has 2 aliphatic rings. The number of benzene rings is 3. The number of nitrogens with zero attached hydrogens (tertiary/aromatic N) is 3. The van der Waals surface area contributed by atoms with Crippen molar-refractivity contribution in [1.82, 2.24) is 9.97 Å². The van der Waals surface area contributed by atoms with Crippen LogP contribution in [0, 0.1) is 0 Å². The quantitative estimate of drug-likeness (QED) is 0.201. The Morgan fingerprint density at radius 3 is 2.58 bits per heavy atom. The lowest BCUT2D eigenvalue weighted by Crippen LogP contribution is -2.36. The highest BCUT2D eigenvalue weighted by Gasteiger charge is 2.25. The van der Waals surface area contributed by atoms with Crippen LogP contribution in [0.25, 0.3) is 21.7 Å². The average molecular weight is 588 g/mol. The predicted octanol–water partition coefficient (Wildman–Crippen LogP) is 7.12. The number of aryl methyl sites for hydroxylation is 1. The summed E-state index contributed by atoms with van der Waals surface area (Å²) in [5.74, 6) is 0.546. The topological polar surface area (TPSA) is 79.4 Å². The van der Waals surface area contributed by atoms with Crippen molar-refractivity contribution in [2.75, 3.05) is 41.8 Å². The average Bonchev–Trinajstić information content (AvgIpc) is 3.65. The van der Waals surface area contributed by atoms with E-state index in [-0.39, 0.29) is 5.91 Å². The molecule has 8 heteroatoms. The van der Waals surface area contributed by atoms with Crippen LogP contribution in [0.4, 0.5) is 23.0 Å². The minimum Gasteiger partial charge on any atom is -0.378 e. The van der Waals surface area contributed by atoms with E-state index >= 15 is 0 Å². The molecule has 0 radical (unpaired) electrons. The fourth-order valence-corrected chi connectivity index (χ4v) is 7.26. The summed E-state index contributed by atoms with van der Waals surface area (Å²) >= 11 is 1.84. The highest BCUT2D eigenvalue weighted by atomic mass is 32.1. The van der Waals surface area contributed by atoms with Gasteiger partial charge in [-0.1, -0.05) is 42.5 Å². The van der Waals surface area contributed by atoms with Crippen molar-refractivity contribution < 1.29 is 9.53 Å². The molecule has 0 atom stereocenters. The molecule has 43 heavy (non-hydrogen) atoms. The van der Waals surface area contributed by atoms with E-state index in [9.17, 15) is 4.79 Å². The molecule has 1 aliphatic heterocycles. The number of hydrogen-bond donors (Lipinski definition) is 2. The number of carbonyl (C=O) groups excluding carboxylic acids is 1. The van der Waals surface area contributed by atoms with Gasteiger partial charge in [-0.2, -0.15) is 0 Å². The van der Waals surface area contributed by atoms with Crippen LogP contribution < -0.4 is 15.5 Å². The standard InChI is InChI=1S/C35H33N5O2S/c41-32(22-24-6-2-1-3-7-24)37-27-9-4-8-25(23-27)34-33(29-10-5-11-31(29)43-34)30-16-17-36-35(39-30)38-26-12-14-28(15-13-26)40-18-20-42-21-19-40/h1-4,6-9,12-17,23H,5,10-11,18-22H2,(H,37,41)(H,36,38,39). The lowest BCUT2D eigenvalue weighted by atomic mass is 10.0. The molecule has 3 aromatic carbocycles. The third-order valence-electron chi connectivity index (χ3n) is 7.95. The van der Waals surface area contributed by atoms with Gasteiger partial charge in [0.05, 0.1) is 25.3 Å². The SMILES string of the molecule is O=C(Cc1ccccc1)Nc1cccc(-c2sc3c(c2-c2ccnc(Nc4ccc(N5CCOCC5)cc4)n2)CCC3)c1. The van der Waals surface area contributed by atoms with Gasteiger partial charge in [0.1, 0.15) is 0 Å². The molecule has 7 nitrogen and oxygen atoms in total. The Morgan fingerprint density at radius 2 is 1.74 bits per heavy atom. The smallest absolute Gasteiger partial charge is 0.228 e. The van der Waals surface area contributed by atoms with Crippen LogP contribution in [-0.4, -0.2) is 42.2 Å². The van der Waals surface area contributed by atoms with Gasteiger partial charge in [-0.3, -0.25) is 4.79 Å². The summed E-state index contributed by atoms with van der Waals surface area (Å²) in [4.78, 5) is 27.3. The van der Waals surface area contributed by atoms with Crippen LogP contribution in [0.15, 0.2) is 91.1 Å². The summed E-state index contributed by atoms with van der Waals surface area (Å²) in [7, 11) is 0. The largest absolute Gasteiger partial charge is 0.378 e. The normalized spacial score (nSPS) is 14.4. The molecule has 1 aliphatic carbocycles. The molecule has 2 N–H and O–H groups in total. The van der Waals surface area contributed by atoms with Crippen molar-refractivity contribution in [1.29, 1.82) is 0 Å². The molecule has 7 rings (SSSR count). The van der Waals surface area contributed by atoms with Gasteiger partial charge >= 0.3 is 0 Å². The van der Waals surface area contributed by atoms with Gasteiger partial charge in [-0.05, 0) is 78.4 Å². The van der Waals surface area contributed by atoms with E-state index in [0.29, 0.717) is 12.4 Å². The highest BCUT2D eigenvalue weighted by molar-refractivity contribution is 7.16. The number of fused-ring (bicyclic) bond motifs is 1. The molecular formula is C35H33N5O2S. The summed E-state index contributed by atoms with van der Waals surface area (Å²) in [5, 5.41) is 6.50. The zero-order valence-electron chi connectivity index (χ0n) is 23.9. The third-order valence-corrected chi connectivity index (χ3v) is 9.29. The fraction of sp³-hybridized carbons (Fsp3) is 0.229. The summed E-state index contributed by atoms with van der Waals surface area (Å²) in [6.45, 7) is 3.35. The fourth-order valence-electron chi connectivity index (χ4n) is 5.87. The summed E-state index contributed by atoms with van der Waals surface area (Å²) in [6, 6.07) is 28.4. The van der Waals surface area contributed by atoms with Crippen LogP contribution in [0.2, 0.25) is 0 Å². The summed E-state index contributed by atoms with van der Waals surface area (Å²) < 4.78 is 5.48. The number of carbonyl (C=O) groups is 1. The minimum atomic E-state index is -0.0262. The van der Waals surface area contributed by atoms with Crippen LogP contribution in [0.3, 0.4) is 0 Å². The van der Waals surface area contributed by atoms with E-state index in [1.807, 2.05) is 66.1 Å². The number of thiophene rings is 1. The van der Waals surface area contributed by atoms with E-state index in [1.165, 1.54) is 26.6 Å². The molecule has 0 spiro atoms. The van der Waals surface area contributed by atoms with Crippen LogP contribution in [-0.2, 0) is 28.8 Å². The van der Waals surface area contributed by atoms with Gasteiger partial charge in [0, 0.05) is 51.7 Å². The first-order valence-electron chi connectivity index (χ1n) is 14.8. The minimum absolute atomic E-state index is 0.0262. The van der Waals surface area contributed by atoms with Crippen LogP contribution >= 0.6 is 11.3 Å². The zero-order valence-corrected chi connectivity index (χ0v) is 24.7. The van der Waals surface area contributed by atoms with Gasteiger partial charge < -0.3 is 20.3 Å². The van der Waals surface area contributed by atoms with Crippen molar-refractivity contribution in [3.05, 3.63) is 107 Å². The Bertz CT molecular complexity index is 1730. The number of aromatic nitrogens is 2. The third kappa shape index (κ3) is 6.16. The summed E-state index contributed by atoms with van der Waals surface area (Å²) in [6.07, 6.45) is 5.47. The second kappa shape index (κ2) is 12.4. The van der Waals surface area contributed by atoms with Crippen molar-refractivity contribution in [3.63, 3.8) is 0 Å². The van der Waals surface area contributed by atoms with E-state index in [1.54, 1.807) is 0 Å². The van der Waals surface area contributed by atoms with Gasteiger partial charge in [0.25, 0.3) is 0 Å². The Hall–Kier alpha value is -4.53. The Kier molecular flexibility index (Phi) is 7.86. The van der Waals surface area contributed by atoms with Crippen LogP contribution in [0.5, 0.6) is 0 Å². The van der Waals surface area contributed by atoms with Crippen molar-refractivity contribution in [3.8, 4) is 21.7 Å². The second-order valence-corrected chi connectivity index (χ2v) is 12.0. The van der Waals surface area contributed by atoms with Crippen molar-refractivity contribution >= 4 is 40.3 Å². The molecule has 1 amide bonds. The van der Waals surface area contributed by atoms with Gasteiger partial charge in [-0.15, -0.1) is 11.3 Å². The molecule has 216 valence electrons. The van der Waals surface area contributed by atoms with E-state index in [2.05, 4.69) is 56.9 Å². The molecule has 0 unspecified atom stereocenters. The summed E-state index contributed by atoms with van der Waals surface area (Å²) in [5.41, 5.74) is 8.49. The first-order chi connectivity index (χ1) is 21.2. The number of nitrogens with one attached hydrogen (secondary N) is 2. The van der Waals surface area contributed by atoms with E-state index in [4.69, 9.17) is 9.72 Å². The molecule has 1 saturated heterocycles. The predicted molar refractivity (Wildman–Crippen MR) is 174 cm³/mol. The Balaban J connectivity index is 1.13. The molecule has 3 heterocycles. The molecule has 0 bridgehead atoms. The number of hydrogen-bond acceptors (Lipinski definition) is 7. The lowest BCUT2D eigenvalue weighted by molar-refractivity contribution is -0.115. The number of morpholine rings is 1. The zero-order chi connectivity index (χ0) is 29.0. The van der Waals surface area contributed by atoms with E-state index < -0.39 is 0 Å². The maximum Gasteiger partial charge on any atom is 0.228 e. The van der Waals surface area contributed by atoms with Gasteiger partial charge in [0.15, 0.2) is 0 Å². The molecule has 2 aromatic heterocycles. The highest BCUT2D eigenvalue weighted by Crippen LogP contribution is 2.46. The number of amides is 1. The van der Waals surface area contributed by atoms with E-state index in [0.717, 1.165) is 73.8 Å². The Morgan fingerprint density at radius 1 is 0.907 bits per heavy atom. The van der Waals surface area contributed by atoms with Crippen molar-refractivity contribution in [2.24, 2.45) is 0 Å². The lowest BCUT2D eigenvalue weighted by Gasteiger charge is -2.28. The number of anilines is 4. The molecule has 0 saturated carbocycles. The Labute approximate surface area is 255 Å². The second-order valence-electron chi connectivity index (χ2n) is 10.9. The first kappa shape index (κ1) is 27.3. The first-order valence-corrected chi connectivity index (χ1v) is 15.6. The maximum atomic E-state index is 12.8. The molecule has 5 aromatic rings. The number of rotatable bonds is 8. The molecule has 1 fully saturated rings. The molecular weight excluding hydrogens is 554 g/mol. The van der Waals surface area contributed by atoms with Gasteiger partial charge in [0.2, 0.25) is 11.9 Å².